The van der Waals surface area contributed by atoms with Crippen molar-refractivity contribution in [2.45, 2.75) is 6.42 Å². The van der Waals surface area contributed by atoms with Gasteiger partial charge in [-0.25, -0.2) is 4.98 Å². The Bertz CT molecular complexity index is 661. The Morgan fingerprint density at radius 1 is 1.22 bits per heavy atom. The van der Waals surface area contributed by atoms with Gasteiger partial charge < -0.3 is 5.73 Å². The molecule has 0 fully saturated rings. The highest BCUT2D eigenvalue weighted by Gasteiger charge is 2.10. The van der Waals surface area contributed by atoms with Gasteiger partial charge in [-0.05, 0) is 48.2 Å². The van der Waals surface area contributed by atoms with Gasteiger partial charge in [0.05, 0.1) is 11.4 Å². The summed E-state index contributed by atoms with van der Waals surface area (Å²) in [5.74, 6) is 0. The van der Waals surface area contributed by atoms with Gasteiger partial charge in [-0.2, -0.15) is 0 Å². The standard InChI is InChI=1S/C14H13N3S/c15-6-4-10-9-11-5-8-18-14(11)17-13(10)12-3-1-2-7-16-12/h1-3,5,7-9H,4,6,15H2. The van der Waals surface area contributed by atoms with Crippen LogP contribution in [0.3, 0.4) is 0 Å². The topological polar surface area (TPSA) is 51.8 Å². The zero-order valence-electron chi connectivity index (χ0n) is 9.84. The zero-order valence-corrected chi connectivity index (χ0v) is 10.7. The predicted octanol–water partition coefficient (Wildman–Crippen LogP) is 2.86. The lowest BCUT2D eigenvalue weighted by molar-refractivity contribution is 0.964. The van der Waals surface area contributed by atoms with Gasteiger partial charge in [0, 0.05) is 11.6 Å². The Morgan fingerprint density at radius 3 is 2.94 bits per heavy atom. The number of pyridine rings is 2. The lowest BCUT2D eigenvalue weighted by atomic mass is 10.1. The molecule has 0 spiro atoms. The first kappa shape index (κ1) is 11.3. The summed E-state index contributed by atoms with van der Waals surface area (Å²) in [7, 11) is 0. The van der Waals surface area contributed by atoms with Gasteiger partial charge >= 0.3 is 0 Å². The van der Waals surface area contributed by atoms with Crippen LogP contribution in [0.15, 0.2) is 41.9 Å². The molecular formula is C14H13N3S. The highest BCUT2D eigenvalue weighted by Crippen LogP contribution is 2.27. The van der Waals surface area contributed by atoms with Crippen LogP contribution in [0.5, 0.6) is 0 Å². The van der Waals surface area contributed by atoms with Gasteiger partial charge in [0.25, 0.3) is 0 Å². The fraction of sp³-hybridized carbons (Fsp3) is 0.143. The van der Waals surface area contributed by atoms with Crippen LogP contribution in [-0.4, -0.2) is 16.5 Å². The van der Waals surface area contributed by atoms with Crippen LogP contribution < -0.4 is 5.73 Å². The van der Waals surface area contributed by atoms with Crippen molar-refractivity contribution in [3.05, 3.63) is 47.5 Å². The lowest BCUT2D eigenvalue weighted by Gasteiger charge is -2.07. The van der Waals surface area contributed by atoms with Crippen LogP contribution >= 0.6 is 11.3 Å². The van der Waals surface area contributed by atoms with Crippen molar-refractivity contribution in [3.63, 3.8) is 0 Å². The monoisotopic (exact) mass is 255 g/mol. The maximum Gasteiger partial charge on any atom is 0.124 e. The molecule has 3 heterocycles. The van der Waals surface area contributed by atoms with Crippen molar-refractivity contribution in [1.82, 2.24) is 9.97 Å². The molecule has 2 N–H and O–H groups in total. The van der Waals surface area contributed by atoms with E-state index >= 15 is 0 Å². The molecule has 3 rings (SSSR count). The SMILES string of the molecule is NCCc1cc2ccsc2nc1-c1ccccn1. The van der Waals surface area contributed by atoms with Crippen LogP contribution in [-0.2, 0) is 6.42 Å². The normalized spacial score (nSPS) is 10.9. The molecular weight excluding hydrogens is 242 g/mol. The minimum absolute atomic E-state index is 0.622. The van der Waals surface area contributed by atoms with E-state index in [-0.39, 0.29) is 0 Å². The summed E-state index contributed by atoms with van der Waals surface area (Å²) in [6.45, 7) is 0.622. The Morgan fingerprint density at radius 2 is 2.17 bits per heavy atom. The minimum Gasteiger partial charge on any atom is -0.330 e. The third-order valence-corrected chi connectivity index (χ3v) is 3.67. The number of fused-ring (bicyclic) bond motifs is 1. The Hall–Kier alpha value is -1.78. The first-order valence-corrected chi connectivity index (χ1v) is 6.75. The summed E-state index contributed by atoms with van der Waals surface area (Å²) in [4.78, 5) is 10.2. The molecule has 18 heavy (non-hydrogen) atoms. The van der Waals surface area contributed by atoms with Gasteiger partial charge in [-0.1, -0.05) is 6.07 Å². The molecule has 0 aliphatic rings. The Labute approximate surface area is 109 Å². The largest absolute Gasteiger partial charge is 0.330 e. The lowest BCUT2D eigenvalue weighted by Crippen LogP contribution is -2.05. The number of hydrogen-bond acceptors (Lipinski definition) is 4. The number of rotatable bonds is 3. The summed E-state index contributed by atoms with van der Waals surface area (Å²) in [6.07, 6.45) is 2.62. The van der Waals surface area contributed by atoms with Crippen LogP contribution in [0.25, 0.3) is 21.6 Å². The van der Waals surface area contributed by atoms with E-state index < -0.39 is 0 Å². The molecule has 3 aromatic heterocycles. The number of nitrogens with zero attached hydrogens (tertiary/aromatic N) is 2. The van der Waals surface area contributed by atoms with Gasteiger partial charge in [-0.15, -0.1) is 11.3 Å². The van der Waals surface area contributed by atoms with Crippen LogP contribution in [0.1, 0.15) is 5.56 Å². The second kappa shape index (κ2) is 4.84. The van der Waals surface area contributed by atoms with E-state index in [0.717, 1.165) is 22.6 Å². The summed E-state index contributed by atoms with van der Waals surface area (Å²) >= 11 is 1.65. The number of aromatic nitrogens is 2. The Kier molecular flexibility index (Phi) is 3.04. The number of hydrogen-bond donors (Lipinski definition) is 1. The van der Waals surface area contributed by atoms with E-state index in [1.165, 1.54) is 10.9 Å². The quantitative estimate of drug-likeness (QED) is 0.783. The second-order valence-electron chi connectivity index (χ2n) is 4.06. The summed E-state index contributed by atoms with van der Waals surface area (Å²) in [6, 6.07) is 10.2. The predicted molar refractivity (Wildman–Crippen MR) is 75.6 cm³/mol. The third-order valence-electron chi connectivity index (χ3n) is 2.84. The highest BCUT2D eigenvalue weighted by atomic mass is 32.1. The first-order valence-electron chi connectivity index (χ1n) is 5.87. The summed E-state index contributed by atoms with van der Waals surface area (Å²) < 4.78 is 0. The number of nitrogens with two attached hydrogens (primary N) is 1. The van der Waals surface area contributed by atoms with Gasteiger partial charge in [0.15, 0.2) is 0 Å². The molecule has 90 valence electrons. The molecule has 3 nitrogen and oxygen atoms in total. The van der Waals surface area contributed by atoms with Crippen LogP contribution in [0.2, 0.25) is 0 Å². The van der Waals surface area contributed by atoms with E-state index in [0.29, 0.717) is 6.54 Å². The van der Waals surface area contributed by atoms with Gasteiger partial charge in [-0.3, -0.25) is 4.98 Å². The van der Waals surface area contributed by atoms with Crippen molar-refractivity contribution in [2.24, 2.45) is 5.73 Å². The molecule has 0 aromatic carbocycles. The molecule has 0 amide bonds. The summed E-state index contributed by atoms with van der Waals surface area (Å²) in [5.41, 5.74) is 8.72. The van der Waals surface area contributed by atoms with E-state index in [1.54, 1.807) is 17.5 Å². The maximum atomic E-state index is 5.68. The zero-order chi connectivity index (χ0) is 12.4. The molecule has 0 aliphatic heterocycles. The van der Waals surface area contributed by atoms with Crippen molar-refractivity contribution in [2.75, 3.05) is 6.54 Å². The molecule has 3 aromatic rings. The van der Waals surface area contributed by atoms with Crippen molar-refractivity contribution in [3.8, 4) is 11.4 Å². The molecule has 4 heteroatoms. The van der Waals surface area contributed by atoms with Crippen LogP contribution in [0, 0.1) is 0 Å². The summed E-state index contributed by atoms with van der Waals surface area (Å²) in [5, 5.41) is 3.25. The smallest absolute Gasteiger partial charge is 0.124 e. The van der Waals surface area contributed by atoms with Crippen molar-refractivity contribution in [1.29, 1.82) is 0 Å². The van der Waals surface area contributed by atoms with Crippen LogP contribution in [0.4, 0.5) is 0 Å². The van der Waals surface area contributed by atoms with Gasteiger partial charge in [0.2, 0.25) is 0 Å². The van der Waals surface area contributed by atoms with Crippen molar-refractivity contribution >= 4 is 21.6 Å². The van der Waals surface area contributed by atoms with Crippen molar-refractivity contribution < 1.29 is 0 Å². The Balaban J connectivity index is 2.21. The molecule has 0 radical (unpaired) electrons. The number of thiophene rings is 1. The first-order chi connectivity index (χ1) is 8.88. The van der Waals surface area contributed by atoms with Gasteiger partial charge in [0.1, 0.15) is 4.83 Å². The van der Waals surface area contributed by atoms with E-state index in [4.69, 9.17) is 10.7 Å². The minimum atomic E-state index is 0.622. The molecule has 0 atom stereocenters. The average molecular weight is 255 g/mol. The fourth-order valence-electron chi connectivity index (χ4n) is 2.01. The second-order valence-corrected chi connectivity index (χ2v) is 4.96. The third kappa shape index (κ3) is 2.00. The molecule has 0 saturated heterocycles. The maximum absolute atomic E-state index is 5.68. The average Bonchev–Trinajstić information content (AvgIpc) is 2.86. The molecule has 0 unspecified atom stereocenters. The molecule has 0 aliphatic carbocycles. The van der Waals surface area contributed by atoms with E-state index in [1.807, 2.05) is 18.2 Å². The molecule has 0 saturated carbocycles. The highest BCUT2D eigenvalue weighted by molar-refractivity contribution is 7.16. The molecule has 0 bridgehead atoms. The van der Waals surface area contributed by atoms with E-state index in [2.05, 4.69) is 22.5 Å². The fourth-order valence-corrected chi connectivity index (χ4v) is 2.76. The van der Waals surface area contributed by atoms with E-state index in [9.17, 15) is 0 Å².